The van der Waals surface area contributed by atoms with Crippen LogP contribution in [0, 0.1) is 0 Å². The molecule has 1 aromatic heterocycles. The summed E-state index contributed by atoms with van der Waals surface area (Å²) in [7, 11) is 1.61. The lowest BCUT2D eigenvalue weighted by Crippen LogP contribution is -2.07. The predicted octanol–water partition coefficient (Wildman–Crippen LogP) is 1.64. The van der Waals surface area contributed by atoms with E-state index in [0.717, 1.165) is 11.3 Å². The van der Waals surface area contributed by atoms with Gasteiger partial charge in [-0.15, -0.1) is 0 Å². The van der Waals surface area contributed by atoms with E-state index < -0.39 is 0 Å². The molecule has 0 N–H and O–H groups in total. The molecule has 0 bridgehead atoms. The first-order valence-electron chi connectivity index (χ1n) is 5.00. The Bertz CT molecular complexity index is 515. The normalized spacial score (nSPS) is 10.6. The van der Waals surface area contributed by atoms with E-state index in [2.05, 4.69) is 10.1 Å². The van der Waals surface area contributed by atoms with Crippen molar-refractivity contribution < 1.29 is 9.53 Å². The predicted molar refractivity (Wildman–Crippen MR) is 62.7 cm³/mol. The lowest BCUT2D eigenvalue weighted by atomic mass is 10.2. The average molecular weight is 229 g/mol. The molecule has 86 valence electrons. The van der Waals surface area contributed by atoms with Gasteiger partial charge in [-0.3, -0.25) is 4.79 Å². The maximum Gasteiger partial charge on any atom is 0.272 e. The van der Waals surface area contributed by atoms with Gasteiger partial charge in [-0.25, -0.2) is 4.98 Å². The third-order valence-corrected chi connectivity index (χ3v) is 2.18. The Balaban J connectivity index is 2.07. The van der Waals surface area contributed by atoms with Crippen LogP contribution in [0.2, 0.25) is 0 Å². The summed E-state index contributed by atoms with van der Waals surface area (Å²) in [6.45, 7) is 0. The molecule has 0 atom stereocenters. The fourth-order valence-electron chi connectivity index (χ4n) is 1.28. The number of nitrogens with zero attached hydrogens (tertiary/aromatic N) is 3. The minimum absolute atomic E-state index is 0.238. The van der Waals surface area contributed by atoms with Crippen LogP contribution in [-0.2, 0) is 0 Å². The Morgan fingerprint density at radius 2 is 2.12 bits per heavy atom. The van der Waals surface area contributed by atoms with Gasteiger partial charge >= 0.3 is 0 Å². The van der Waals surface area contributed by atoms with Crippen molar-refractivity contribution in [3.8, 4) is 5.75 Å². The molecule has 0 unspecified atom stereocenters. The van der Waals surface area contributed by atoms with E-state index >= 15 is 0 Å². The zero-order chi connectivity index (χ0) is 12.1. The van der Waals surface area contributed by atoms with Crippen LogP contribution in [0.5, 0.6) is 5.75 Å². The fourth-order valence-corrected chi connectivity index (χ4v) is 1.28. The van der Waals surface area contributed by atoms with E-state index in [-0.39, 0.29) is 5.91 Å². The lowest BCUT2D eigenvalue weighted by Gasteiger charge is -1.98. The van der Waals surface area contributed by atoms with Gasteiger partial charge in [0.25, 0.3) is 5.91 Å². The maximum atomic E-state index is 11.6. The number of benzene rings is 1. The van der Waals surface area contributed by atoms with Crippen LogP contribution in [-0.4, -0.2) is 27.8 Å². The van der Waals surface area contributed by atoms with Crippen molar-refractivity contribution in [1.29, 1.82) is 0 Å². The fraction of sp³-hybridized carbons (Fsp3) is 0.0833. The standard InChI is InChI=1S/C12H11N3O2/c1-17-11-5-2-10(3-6-11)4-7-12(16)15-9-13-8-14-15/h2-9H,1H3/b7-4+. The first-order valence-corrected chi connectivity index (χ1v) is 5.00. The quantitative estimate of drug-likeness (QED) is 0.751. The average Bonchev–Trinajstić information content (AvgIpc) is 2.90. The molecule has 5 heteroatoms. The molecule has 2 rings (SSSR count). The van der Waals surface area contributed by atoms with E-state index in [4.69, 9.17) is 4.74 Å². The molecule has 5 nitrogen and oxygen atoms in total. The molecule has 0 amide bonds. The van der Waals surface area contributed by atoms with Crippen LogP contribution < -0.4 is 4.74 Å². The second-order valence-electron chi connectivity index (χ2n) is 3.28. The van der Waals surface area contributed by atoms with Crippen molar-refractivity contribution in [2.24, 2.45) is 0 Å². The zero-order valence-electron chi connectivity index (χ0n) is 9.28. The van der Waals surface area contributed by atoms with Crippen LogP contribution in [0.15, 0.2) is 43.0 Å². The Morgan fingerprint density at radius 1 is 1.35 bits per heavy atom. The van der Waals surface area contributed by atoms with Crippen molar-refractivity contribution in [3.05, 3.63) is 48.6 Å². The van der Waals surface area contributed by atoms with Gasteiger partial charge in [0.05, 0.1) is 7.11 Å². The molecule has 0 aliphatic rings. The maximum absolute atomic E-state index is 11.6. The summed E-state index contributed by atoms with van der Waals surface area (Å²) in [5, 5.41) is 3.74. The van der Waals surface area contributed by atoms with Crippen LogP contribution >= 0.6 is 0 Å². The lowest BCUT2D eigenvalue weighted by molar-refractivity contribution is 0.0955. The first-order chi connectivity index (χ1) is 8.29. The highest BCUT2D eigenvalue weighted by molar-refractivity contribution is 5.92. The van der Waals surface area contributed by atoms with Crippen molar-refractivity contribution >= 4 is 12.0 Å². The minimum Gasteiger partial charge on any atom is -0.497 e. The Kier molecular flexibility index (Phi) is 3.30. The van der Waals surface area contributed by atoms with Gasteiger partial charge in [0, 0.05) is 6.08 Å². The van der Waals surface area contributed by atoms with E-state index in [0.29, 0.717) is 0 Å². The number of allylic oxidation sites excluding steroid dienone is 1. The number of carbonyl (C=O) groups is 1. The highest BCUT2D eigenvalue weighted by Crippen LogP contribution is 2.12. The Labute approximate surface area is 98.4 Å². The van der Waals surface area contributed by atoms with Gasteiger partial charge in [-0.1, -0.05) is 12.1 Å². The molecule has 0 fully saturated rings. The number of hydrogen-bond acceptors (Lipinski definition) is 4. The number of hydrogen-bond donors (Lipinski definition) is 0. The second-order valence-corrected chi connectivity index (χ2v) is 3.28. The van der Waals surface area contributed by atoms with Gasteiger partial charge in [-0.05, 0) is 23.8 Å². The highest BCUT2D eigenvalue weighted by Gasteiger charge is 1.99. The summed E-state index contributed by atoms with van der Waals surface area (Å²) in [6, 6.07) is 7.40. The van der Waals surface area contributed by atoms with E-state index in [1.807, 2.05) is 24.3 Å². The summed E-state index contributed by atoms with van der Waals surface area (Å²) < 4.78 is 6.21. The molecule has 0 aliphatic carbocycles. The monoisotopic (exact) mass is 229 g/mol. The Hall–Kier alpha value is -2.43. The molecular formula is C12H11N3O2. The van der Waals surface area contributed by atoms with E-state index in [1.54, 1.807) is 13.2 Å². The summed E-state index contributed by atoms with van der Waals surface area (Å²) >= 11 is 0. The molecule has 0 spiro atoms. The summed E-state index contributed by atoms with van der Waals surface area (Å²) in [5.74, 6) is 0.545. The molecule has 0 saturated heterocycles. The third-order valence-electron chi connectivity index (χ3n) is 2.18. The molecular weight excluding hydrogens is 218 g/mol. The molecule has 0 aliphatic heterocycles. The van der Waals surface area contributed by atoms with Gasteiger partial charge in [0.2, 0.25) is 0 Å². The minimum atomic E-state index is -0.238. The summed E-state index contributed by atoms with van der Waals surface area (Å²) in [4.78, 5) is 15.3. The first kappa shape index (κ1) is 11.1. The van der Waals surface area contributed by atoms with Gasteiger partial charge in [-0.2, -0.15) is 9.78 Å². The van der Waals surface area contributed by atoms with Crippen LogP contribution in [0.4, 0.5) is 0 Å². The van der Waals surface area contributed by atoms with E-state index in [1.165, 1.54) is 23.4 Å². The van der Waals surface area contributed by atoms with Gasteiger partial charge < -0.3 is 4.74 Å². The number of methoxy groups -OCH3 is 1. The van der Waals surface area contributed by atoms with Crippen molar-refractivity contribution in [2.75, 3.05) is 7.11 Å². The number of rotatable bonds is 3. The smallest absolute Gasteiger partial charge is 0.272 e. The highest BCUT2D eigenvalue weighted by atomic mass is 16.5. The van der Waals surface area contributed by atoms with Gasteiger partial charge in [0.1, 0.15) is 18.4 Å². The SMILES string of the molecule is COc1ccc(/C=C/C(=O)n2cncn2)cc1. The third kappa shape index (κ3) is 2.78. The zero-order valence-corrected chi connectivity index (χ0v) is 9.28. The second kappa shape index (κ2) is 5.07. The van der Waals surface area contributed by atoms with Crippen LogP contribution in [0.3, 0.4) is 0 Å². The van der Waals surface area contributed by atoms with Gasteiger partial charge in [0.15, 0.2) is 0 Å². The Morgan fingerprint density at radius 3 is 2.71 bits per heavy atom. The largest absolute Gasteiger partial charge is 0.497 e. The molecule has 0 radical (unpaired) electrons. The van der Waals surface area contributed by atoms with Crippen molar-refractivity contribution in [1.82, 2.24) is 14.8 Å². The molecule has 0 saturated carbocycles. The molecule has 17 heavy (non-hydrogen) atoms. The van der Waals surface area contributed by atoms with Crippen molar-refractivity contribution in [2.45, 2.75) is 0 Å². The van der Waals surface area contributed by atoms with Crippen molar-refractivity contribution in [3.63, 3.8) is 0 Å². The topological polar surface area (TPSA) is 57.0 Å². The van der Waals surface area contributed by atoms with Crippen LogP contribution in [0.1, 0.15) is 10.4 Å². The molecule has 1 aromatic carbocycles. The number of carbonyl (C=O) groups excluding carboxylic acids is 1. The number of aromatic nitrogens is 3. The summed E-state index contributed by atoms with van der Waals surface area (Å²) in [5.41, 5.74) is 0.916. The molecule has 2 aromatic rings. The van der Waals surface area contributed by atoms with Crippen LogP contribution in [0.25, 0.3) is 6.08 Å². The summed E-state index contributed by atoms with van der Waals surface area (Å²) in [6.07, 6.45) is 5.83. The van der Waals surface area contributed by atoms with E-state index in [9.17, 15) is 4.79 Å². The molecule has 1 heterocycles. The number of ether oxygens (including phenoxy) is 1.